The summed E-state index contributed by atoms with van der Waals surface area (Å²) in [5, 5.41) is 7.42. The monoisotopic (exact) mass is 820 g/mol. The Morgan fingerprint density at radius 3 is 2.28 bits per heavy atom. The SMILES string of the molecule is CC[C@@H](c1nc2c([nH]1)CCc1cc(-c3ccc4c(ccc5[nH]c([C@@H]6CCCN6C(=O)[C@@H](NC(=O)OC)[C@@H](C)OC)nc54)c3)ccc1-2)N(CC)C(=O)[C@@H](NC(=O)OC)C(C)C. The van der Waals surface area contributed by atoms with Gasteiger partial charge in [0.15, 0.2) is 0 Å². The number of likely N-dealkylation sites (tertiary alicyclic amines) is 1. The number of fused-ring (bicyclic) bond motifs is 6. The van der Waals surface area contributed by atoms with Crippen molar-refractivity contribution in [2.75, 3.05) is 34.4 Å². The van der Waals surface area contributed by atoms with Gasteiger partial charge in [0.2, 0.25) is 11.8 Å². The van der Waals surface area contributed by atoms with E-state index in [1.807, 2.05) is 33.8 Å². The van der Waals surface area contributed by atoms with Gasteiger partial charge < -0.3 is 44.6 Å². The standard InChI is InChI=1S/C45H56N8O7/c1-9-34(52(10-2)42(54)36(24(3)4)50-44(56)59-7)40-46-32-19-15-28-22-26(13-17-30(28)38(32)48-40)27-14-18-31-29(23-27)16-20-33-39(31)49-41(47-33)35-12-11-21-53(35)43(55)37(25(5)58-6)51-45(57)60-8/h13-14,16-18,20,22-25,34-37H,9-12,15,19,21H2,1-8H3,(H,46,48)(H,47,49)(H,50,56)(H,51,57)/t25-,34+,35+,36+,37+/m1/s1. The lowest BCUT2D eigenvalue weighted by atomic mass is 9.89. The zero-order chi connectivity index (χ0) is 42.8. The summed E-state index contributed by atoms with van der Waals surface area (Å²) in [5.41, 5.74) is 8.17. The van der Waals surface area contributed by atoms with Crippen molar-refractivity contribution in [1.82, 2.24) is 40.4 Å². The van der Waals surface area contributed by atoms with Gasteiger partial charge in [0.25, 0.3) is 0 Å². The predicted octanol–water partition coefficient (Wildman–Crippen LogP) is 6.98. The molecule has 5 aromatic rings. The van der Waals surface area contributed by atoms with Gasteiger partial charge >= 0.3 is 12.2 Å². The maximum atomic E-state index is 13.9. The molecular weight excluding hydrogens is 765 g/mol. The van der Waals surface area contributed by atoms with Crippen LogP contribution in [0.25, 0.3) is 44.2 Å². The number of rotatable bonds is 13. The number of aromatic amines is 2. The summed E-state index contributed by atoms with van der Waals surface area (Å²) in [7, 11) is 4.06. The molecule has 15 nitrogen and oxygen atoms in total. The average molecular weight is 821 g/mol. The number of likely N-dealkylation sites (N-methyl/N-ethyl adjacent to an activating group) is 1. The molecule has 15 heteroatoms. The van der Waals surface area contributed by atoms with Crippen molar-refractivity contribution in [2.45, 2.75) is 97.0 Å². The Morgan fingerprint density at radius 2 is 1.60 bits per heavy atom. The lowest BCUT2D eigenvalue weighted by molar-refractivity contribution is -0.138. The molecule has 1 aliphatic carbocycles. The van der Waals surface area contributed by atoms with Crippen LogP contribution < -0.4 is 10.6 Å². The van der Waals surface area contributed by atoms with Crippen molar-refractivity contribution < 1.29 is 33.4 Å². The van der Waals surface area contributed by atoms with E-state index >= 15 is 0 Å². The van der Waals surface area contributed by atoms with Crippen molar-refractivity contribution in [3.8, 4) is 22.4 Å². The molecule has 1 saturated heterocycles. The van der Waals surface area contributed by atoms with Gasteiger partial charge in [-0.3, -0.25) is 9.59 Å². The first-order valence-electron chi connectivity index (χ1n) is 20.9. The molecule has 5 atom stereocenters. The van der Waals surface area contributed by atoms with Crippen LogP contribution in [0.2, 0.25) is 0 Å². The number of imidazole rings is 2. The van der Waals surface area contributed by atoms with E-state index in [0.717, 1.165) is 81.4 Å². The first-order valence-corrected chi connectivity index (χ1v) is 20.9. The molecule has 60 heavy (non-hydrogen) atoms. The molecule has 0 spiro atoms. The minimum absolute atomic E-state index is 0.133. The summed E-state index contributed by atoms with van der Waals surface area (Å²) in [6, 6.07) is 14.9. The highest BCUT2D eigenvalue weighted by atomic mass is 16.5. The molecule has 4 amide bonds. The Morgan fingerprint density at radius 1 is 0.883 bits per heavy atom. The molecule has 2 aliphatic rings. The highest BCUT2D eigenvalue weighted by Gasteiger charge is 2.39. The normalized spacial score (nSPS) is 16.8. The molecule has 2 aromatic heterocycles. The van der Waals surface area contributed by atoms with Crippen LogP contribution in [0.5, 0.6) is 0 Å². The molecule has 1 aliphatic heterocycles. The summed E-state index contributed by atoms with van der Waals surface area (Å²) in [5.74, 6) is 0.905. The van der Waals surface area contributed by atoms with Crippen LogP contribution in [0.1, 0.15) is 88.9 Å². The van der Waals surface area contributed by atoms with Gasteiger partial charge in [-0.1, -0.05) is 57.2 Å². The largest absolute Gasteiger partial charge is 0.453 e. The van der Waals surface area contributed by atoms with E-state index in [-0.39, 0.29) is 29.8 Å². The van der Waals surface area contributed by atoms with Crippen molar-refractivity contribution in [2.24, 2.45) is 5.92 Å². The molecule has 0 unspecified atom stereocenters. The van der Waals surface area contributed by atoms with E-state index in [4.69, 9.17) is 24.2 Å². The van der Waals surface area contributed by atoms with Crippen LogP contribution in [0.3, 0.4) is 0 Å². The van der Waals surface area contributed by atoms with Gasteiger partial charge in [-0.05, 0) is 86.1 Å². The summed E-state index contributed by atoms with van der Waals surface area (Å²) < 4.78 is 15.0. The first kappa shape index (κ1) is 42.2. The second-order valence-corrected chi connectivity index (χ2v) is 16.0. The van der Waals surface area contributed by atoms with Crippen LogP contribution in [-0.2, 0) is 36.6 Å². The number of carbonyl (C=O) groups excluding carboxylic acids is 4. The van der Waals surface area contributed by atoms with Crippen LogP contribution >= 0.6 is 0 Å². The minimum atomic E-state index is -0.904. The Kier molecular flexibility index (Phi) is 12.5. The number of hydrogen-bond acceptors (Lipinski definition) is 9. The van der Waals surface area contributed by atoms with Gasteiger partial charge in [0.05, 0.1) is 49.1 Å². The van der Waals surface area contributed by atoms with E-state index in [9.17, 15) is 19.2 Å². The summed E-state index contributed by atoms with van der Waals surface area (Å²) in [6.07, 6.45) is 1.95. The maximum absolute atomic E-state index is 13.9. The highest BCUT2D eigenvalue weighted by molar-refractivity contribution is 6.05. The second-order valence-electron chi connectivity index (χ2n) is 16.0. The summed E-state index contributed by atoms with van der Waals surface area (Å²) >= 11 is 0. The second kappa shape index (κ2) is 17.7. The number of benzene rings is 3. The smallest absolute Gasteiger partial charge is 0.407 e. The fourth-order valence-electron chi connectivity index (χ4n) is 8.78. The molecule has 3 aromatic carbocycles. The molecule has 4 N–H and O–H groups in total. The molecule has 3 heterocycles. The van der Waals surface area contributed by atoms with Crippen molar-refractivity contribution in [1.29, 1.82) is 0 Å². The number of aryl methyl sites for hydroxylation is 2. The summed E-state index contributed by atoms with van der Waals surface area (Å²) in [4.78, 5) is 72.7. The fraction of sp³-hybridized carbons (Fsp3) is 0.467. The number of aromatic nitrogens is 4. The molecule has 1 fully saturated rings. The van der Waals surface area contributed by atoms with Gasteiger partial charge in [0.1, 0.15) is 23.7 Å². The molecule has 0 radical (unpaired) electrons. The lowest BCUT2D eigenvalue weighted by Gasteiger charge is -2.33. The average Bonchev–Trinajstić information content (AvgIpc) is 4.04. The molecule has 7 rings (SSSR count). The Balaban J connectivity index is 1.13. The first-order chi connectivity index (χ1) is 28.9. The van der Waals surface area contributed by atoms with Crippen LogP contribution in [0.15, 0.2) is 48.5 Å². The Labute approximate surface area is 349 Å². The van der Waals surface area contributed by atoms with E-state index in [1.54, 1.807) is 16.7 Å². The number of amides is 4. The Bertz CT molecular complexity index is 2410. The van der Waals surface area contributed by atoms with E-state index in [0.29, 0.717) is 25.3 Å². The third kappa shape index (κ3) is 8.02. The van der Waals surface area contributed by atoms with Crippen molar-refractivity contribution >= 4 is 45.8 Å². The molecular formula is C45H56N8O7. The van der Waals surface area contributed by atoms with Crippen LogP contribution in [0.4, 0.5) is 9.59 Å². The number of methoxy groups -OCH3 is 3. The topological polar surface area (TPSA) is 184 Å². The maximum Gasteiger partial charge on any atom is 0.407 e. The number of ether oxygens (including phenoxy) is 3. The number of hydrogen-bond donors (Lipinski definition) is 4. The summed E-state index contributed by atoms with van der Waals surface area (Å²) in [6.45, 7) is 10.5. The van der Waals surface area contributed by atoms with E-state index in [1.165, 1.54) is 26.9 Å². The quantitative estimate of drug-likeness (QED) is 0.0974. The fourth-order valence-corrected chi connectivity index (χ4v) is 8.78. The zero-order valence-corrected chi connectivity index (χ0v) is 35.7. The Hall–Kier alpha value is -5.96. The van der Waals surface area contributed by atoms with Gasteiger partial charge in [0, 0.05) is 36.8 Å². The highest BCUT2D eigenvalue weighted by Crippen LogP contribution is 2.39. The third-order valence-corrected chi connectivity index (χ3v) is 12.1. The number of nitrogens with one attached hydrogen (secondary N) is 4. The molecule has 318 valence electrons. The van der Waals surface area contributed by atoms with Crippen molar-refractivity contribution in [3.05, 3.63) is 71.4 Å². The van der Waals surface area contributed by atoms with E-state index < -0.39 is 30.4 Å². The van der Waals surface area contributed by atoms with Crippen LogP contribution in [0, 0.1) is 5.92 Å². The predicted molar refractivity (Wildman–Crippen MR) is 228 cm³/mol. The number of alkyl carbamates (subject to hydrolysis) is 2. The van der Waals surface area contributed by atoms with Gasteiger partial charge in [-0.15, -0.1) is 0 Å². The van der Waals surface area contributed by atoms with Crippen LogP contribution in [-0.4, -0.2) is 106 Å². The zero-order valence-electron chi connectivity index (χ0n) is 35.7. The lowest BCUT2D eigenvalue weighted by Crippen LogP contribution is -2.54. The molecule has 0 bridgehead atoms. The van der Waals surface area contributed by atoms with Gasteiger partial charge in [-0.25, -0.2) is 19.6 Å². The van der Waals surface area contributed by atoms with Crippen molar-refractivity contribution in [3.63, 3.8) is 0 Å². The number of H-pyrrole nitrogens is 2. The van der Waals surface area contributed by atoms with E-state index in [2.05, 4.69) is 63.1 Å². The third-order valence-electron chi connectivity index (χ3n) is 12.1. The number of nitrogens with zero attached hydrogens (tertiary/aromatic N) is 4. The molecule has 0 saturated carbocycles. The van der Waals surface area contributed by atoms with Gasteiger partial charge in [-0.2, -0.15) is 0 Å². The number of carbonyl (C=O) groups is 4. The minimum Gasteiger partial charge on any atom is -0.453 e.